The zero-order valence-electron chi connectivity index (χ0n) is 12.4. The molecule has 0 spiro atoms. The minimum atomic E-state index is -0.257. The predicted octanol–water partition coefficient (Wildman–Crippen LogP) is 2.00. The molecule has 2 aromatic rings. The largest absolute Gasteiger partial charge is 0.396 e. The van der Waals surface area contributed by atoms with Crippen molar-refractivity contribution in [3.63, 3.8) is 0 Å². The van der Waals surface area contributed by atoms with Crippen LogP contribution in [0.25, 0.3) is 0 Å². The van der Waals surface area contributed by atoms with Crippen molar-refractivity contribution in [2.75, 3.05) is 19.7 Å². The number of likely N-dealkylation sites (tertiary alicyclic amines) is 1. The minimum absolute atomic E-state index is 0.257. The van der Waals surface area contributed by atoms with Crippen LogP contribution in [0.3, 0.4) is 0 Å². The Kier molecular flexibility index (Phi) is 4.80. The van der Waals surface area contributed by atoms with Crippen molar-refractivity contribution in [1.82, 2.24) is 15.0 Å². The number of nitrogens with zero attached hydrogens (tertiary/aromatic N) is 3. The third-order valence-electron chi connectivity index (χ3n) is 4.09. The molecule has 1 aliphatic rings. The second kappa shape index (κ2) is 6.98. The summed E-state index contributed by atoms with van der Waals surface area (Å²) in [5.74, 6) is 1.33. The van der Waals surface area contributed by atoms with Gasteiger partial charge in [0, 0.05) is 13.0 Å². The van der Waals surface area contributed by atoms with E-state index in [1.165, 1.54) is 12.1 Å². The normalized spacial score (nSPS) is 17.0. The zero-order valence-corrected chi connectivity index (χ0v) is 12.4. The summed E-state index contributed by atoms with van der Waals surface area (Å²) in [6.07, 6.45) is 2.47. The van der Waals surface area contributed by atoms with Gasteiger partial charge in [0.1, 0.15) is 5.82 Å². The predicted molar refractivity (Wildman–Crippen MR) is 78.6 cm³/mol. The van der Waals surface area contributed by atoms with Crippen molar-refractivity contribution in [2.45, 2.75) is 25.8 Å². The molecular formula is C16H20FN3O2. The number of hydrogen-bond donors (Lipinski definition) is 1. The first kappa shape index (κ1) is 15.1. The summed E-state index contributed by atoms with van der Waals surface area (Å²) < 4.78 is 18.4. The van der Waals surface area contributed by atoms with Gasteiger partial charge in [0.15, 0.2) is 5.82 Å². The van der Waals surface area contributed by atoms with Gasteiger partial charge in [-0.2, -0.15) is 4.98 Å². The molecule has 22 heavy (non-hydrogen) atoms. The Labute approximate surface area is 128 Å². The molecular weight excluding hydrogens is 285 g/mol. The maximum absolute atomic E-state index is 13.2. The highest BCUT2D eigenvalue weighted by atomic mass is 19.1. The fourth-order valence-electron chi connectivity index (χ4n) is 2.77. The van der Waals surface area contributed by atoms with Crippen molar-refractivity contribution in [1.29, 1.82) is 0 Å². The first-order chi connectivity index (χ1) is 10.7. The fraction of sp³-hybridized carbons (Fsp3) is 0.500. The van der Waals surface area contributed by atoms with Crippen molar-refractivity contribution >= 4 is 0 Å². The van der Waals surface area contributed by atoms with Gasteiger partial charge >= 0.3 is 0 Å². The number of piperidine rings is 1. The second-order valence-corrected chi connectivity index (χ2v) is 5.81. The van der Waals surface area contributed by atoms with Gasteiger partial charge in [0.05, 0.1) is 6.54 Å². The van der Waals surface area contributed by atoms with E-state index in [0.717, 1.165) is 31.5 Å². The maximum atomic E-state index is 13.2. The zero-order chi connectivity index (χ0) is 15.4. The van der Waals surface area contributed by atoms with Crippen LogP contribution in [0.2, 0.25) is 0 Å². The summed E-state index contributed by atoms with van der Waals surface area (Å²) in [5.41, 5.74) is 0.830. The molecule has 2 heterocycles. The first-order valence-electron chi connectivity index (χ1n) is 7.62. The van der Waals surface area contributed by atoms with Crippen molar-refractivity contribution in [3.8, 4) is 0 Å². The Morgan fingerprint density at radius 3 is 2.86 bits per heavy atom. The van der Waals surface area contributed by atoms with Crippen LogP contribution < -0.4 is 0 Å². The van der Waals surface area contributed by atoms with Crippen LogP contribution in [0.4, 0.5) is 4.39 Å². The van der Waals surface area contributed by atoms with E-state index in [1.807, 2.05) is 6.07 Å². The Bertz CT molecular complexity index is 609. The number of aliphatic hydroxyl groups is 1. The molecule has 0 unspecified atom stereocenters. The third kappa shape index (κ3) is 3.90. The van der Waals surface area contributed by atoms with E-state index in [0.29, 0.717) is 30.6 Å². The Morgan fingerprint density at radius 1 is 1.32 bits per heavy atom. The summed E-state index contributed by atoms with van der Waals surface area (Å²) in [7, 11) is 0. The lowest BCUT2D eigenvalue weighted by Crippen LogP contribution is -2.34. The number of halogens is 1. The number of aromatic nitrogens is 2. The summed E-state index contributed by atoms with van der Waals surface area (Å²) in [6, 6.07) is 6.42. The van der Waals surface area contributed by atoms with Crippen molar-refractivity contribution in [2.24, 2.45) is 5.92 Å². The van der Waals surface area contributed by atoms with Gasteiger partial charge in [-0.3, -0.25) is 4.90 Å². The number of aliphatic hydroxyl groups excluding tert-OH is 1. The van der Waals surface area contributed by atoms with Crippen LogP contribution in [0, 0.1) is 11.7 Å². The van der Waals surface area contributed by atoms with Gasteiger partial charge in [-0.1, -0.05) is 17.3 Å². The summed E-state index contributed by atoms with van der Waals surface area (Å²) in [6.45, 7) is 2.78. The molecule has 3 rings (SSSR count). The molecule has 0 aliphatic carbocycles. The van der Waals surface area contributed by atoms with Crippen LogP contribution in [0.5, 0.6) is 0 Å². The van der Waals surface area contributed by atoms with Gasteiger partial charge in [-0.15, -0.1) is 0 Å². The molecule has 0 amide bonds. The summed E-state index contributed by atoms with van der Waals surface area (Å²) >= 11 is 0. The topological polar surface area (TPSA) is 62.4 Å². The quantitative estimate of drug-likeness (QED) is 0.915. The highest BCUT2D eigenvalue weighted by Crippen LogP contribution is 2.18. The first-order valence-corrected chi connectivity index (χ1v) is 7.62. The van der Waals surface area contributed by atoms with Crippen LogP contribution in [-0.2, 0) is 13.0 Å². The lowest BCUT2D eigenvalue weighted by Gasteiger charge is -2.29. The van der Waals surface area contributed by atoms with E-state index in [9.17, 15) is 4.39 Å². The average molecular weight is 305 g/mol. The Morgan fingerprint density at radius 2 is 2.14 bits per heavy atom. The molecule has 0 radical (unpaired) electrons. The van der Waals surface area contributed by atoms with E-state index in [-0.39, 0.29) is 12.4 Å². The second-order valence-electron chi connectivity index (χ2n) is 5.81. The average Bonchev–Trinajstić information content (AvgIpc) is 2.95. The lowest BCUT2D eigenvalue weighted by atomic mass is 9.98. The van der Waals surface area contributed by atoms with E-state index >= 15 is 0 Å². The van der Waals surface area contributed by atoms with Crippen LogP contribution in [-0.4, -0.2) is 39.8 Å². The summed E-state index contributed by atoms with van der Waals surface area (Å²) in [4.78, 5) is 6.63. The highest BCUT2D eigenvalue weighted by molar-refractivity contribution is 5.19. The van der Waals surface area contributed by atoms with Crippen LogP contribution >= 0.6 is 0 Å². The Balaban J connectivity index is 1.55. The number of benzene rings is 1. The van der Waals surface area contributed by atoms with Gasteiger partial charge in [-0.05, 0) is 49.5 Å². The molecule has 6 heteroatoms. The molecule has 0 atom stereocenters. The molecule has 0 bridgehead atoms. The van der Waals surface area contributed by atoms with E-state index < -0.39 is 0 Å². The molecule has 1 N–H and O–H groups in total. The highest BCUT2D eigenvalue weighted by Gasteiger charge is 2.20. The van der Waals surface area contributed by atoms with Crippen molar-refractivity contribution in [3.05, 3.63) is 47.4 Å². The smallest absolute Gasteiger partial charge is 0.240 e. The standard InChI is InChI=1S/C16H20FN3O2/c17-14-3-1-2-13(8-14)9-15-18-16(22-19-15)10-20-6-4-12(11-21)5-7-20/h1-3,8,12,21H,4-7,9-11H2. The molecule has 0 saturated carbocycles. The number of hydrogen-bond acceptors (Lipinski definition) is 5. The maximum Gasteiger partial charge on any atom is 0.240 e. The molecule has 118 valence electrons. The monoisotopic (exact) mass is 305 g/mol. The third-order valence-corrected chi connectivity index (χ3v) is 4.09. The fourth-order valence-corrected chi connectivity index (χ4v) is 2.77. The molecule has 1 fully saturated rings. The molecule has 1 aromatic carbocycles. The van der Waals surface area contributed by atoms with E-state index in [1.54, 1.807) is 6.07 Å². The van der Waals surface area contributed by atoms with Crippen LogP contribution in [0.1, 0.15) is 30.1 Å². The van der Waals surface area contributed by atoms with Crippen LogP contribution in [0.15, 0.2) is 28.8 Å². The van der Waals surface area contributed by atoms with Gasteiger partial charge < -0.3 is 9.63 Å². The summed E-state index contributed by atoms with van der Waals surface area (Å²) in [5, 5.41) is 13.1. The van der Waals surface area contributed by atoms with Gasteiger partial charge in [0.25, 0.3) is 0 Å². The molecule has 5 nitrogen and oxygen atoms in total. The number of rotatable bonds is 5. The molecule has 1 aliphatic heterocycles. The van der Waals surface area contributed by atoms with Crippen molar-refractivity contribution < 1.29 is 14.0 Å². The molecule has 1 saturated heterocycles. The lowest BCUT2D eigenvalue weighted by molar-refractivity contribution is 0.119. The SMILES string of the molecule is OCC1CCN(Cc2nc(Cc3cccc(F)c3)no2)CC1. The Hall–Kier alpha value is -1.79. The minimum Gasteiger partial charge on any atom is -0.396 e. The van der Waals surface area contributed by atoms with E-state index in [4.69, 9.17) is 9.63 Å². The van der Waals surface area contributed by atoms with Gasteiger partial charge in [-0.25, -0.2) is 4.39 Å². The van der Waals surface area contributed by atoms with E-state index in [2.05, 4.69) is 15.0 Å². The molecule has 1 aromatic heterocycles. The van der Waals surface area contributed by atoms with Gasteiger partial charge in [0.2, 0.25) is 5.89 Å².